The first-order valence-electron chi connectivity index (χ1n) is 11.6. The highest BCUT2D eigenvalue weighted by atomic mass is 35.5. The van der Waals surface area contributed by atoms with Crippen LogP contribution >= 0.6 is 11.6 Å². The predicted octanol–water partition coefficient (Wildman–Crippen LogP) is 4.56. The average molecular weight is 474 g/mol. The van der Waals surface area contributed by atoms with Crippen LogP contribution in [0.15, 0.2) is 66.9 Å². The lowest BCUT2D eigenvalue weighted by molar-refractivity contribution is 0.100. The van der Waals surface area contributed by atoms with Gasteiger partial charge in [-0.1, -0.05) is 35.9 Å². The van der Waals surface area contributed by atoms with Crippen molar-refractivity contribution in [1.82, 2.24) is 19.2 Å². The SMILES string of the molecule is CN1CCCN(Cc2c(-c3ccc(Cl)cc3)nc3ccc(-c4ccc(C(N)=O)cc4)cn23)CC1. The molecule has 34 heavy (non-hydrogen) atoms. The van der Waals surface area contributed by atoms with E-state index in [1.807, 2.05) is 36.4 Å². The number of aromatic nitrogens is 2. The van der Waals surface area contributed by atoms with Crippen molar-refractivity contribution in [2.24, 2.45) is 5.73 Å². The maximum atomic E-state index is 11.5. The Kier molecular flexibility index (Phi) is 6.37. The van der Waals surface area contributed by atoms with E-state index in [1.165, 1.54) is 0 Å². The minimum atomic E-state index is -0.422. The van der Waals surface area contributed by atoms with Gasteiger partial charge in [0.05, 0.1) is 11.4 Å². The van der Waals surface area contributed by atoms with Gasteiger partial charge in [0.2, 0.25) is 5.91 Å². The van der Waals surface area contributed by atoms with Crippen LogP contribution in [0.3, 0.4) is 0 Å². The van der Waals surface area contributed by atoms with Gasteiger partial charge in [0.15, 0.2) is 0 Å². The molecule has 0 spiro atoms. The minimum absolute atomic E-state index is 0.422. The van der Waals surface area contributed by atoms with Crippen LogP contribution in [-0.2, 0) is 6.54 Å². The molecule has 3 heterocycles. The van der Waals surface area contributed by atoms with E-state index in [9.17, 15) is 4.79 Å². The van der Waals surface area contributed by atoms with E-state index >= 15 is 0 Å². The number of likely N-dealkylation sites (N-methyl/N-ethyl adjacent to an activating group) is 1. The highest BCUT2D eigenvalue weighted by Crippen LogP contribution is 2.29. The number of imidazole rings is 1. The number of nitrogens with zero attached hydrogens (tertiary/aromatic N) is 4. The third kappa shape index (κ3) is 4.71. The number of halogens is 1. The van der Waals surface area contributed by atoms with Gasteiger partial charge in [0, 0.05) is 42.0 Å². The number of amides is 1. The molecule has 5 rings (SSSR count). The third-order valence-electron chi connectivity index (χ3n) is 6.52. The Morgan fingerprint density at radius 2 is 1.62 bits per heavy atom. The van der Waals surface area contributed by atoms with Crippen molar-refractivity contribution in [2.45, 2.75) is 13.0 Å². The molecule has 0 aliphatic carbocycles. The maximum Gasteiger partial charge on any atom is 0.248 e. The summed E-state index contributed by atoms with van der Waals surface area (Å²) in [5, 5.41) is 0.714. The lowest BCUT2D eigenvalue weighted by Crippen LogP contribution is -2.29. The molecule has 0 radical (unpaired) electrons. The van der Waals surface area contributed by atoms with Crippen LogP contribution in [0.5, 0.6) is 0 Å². The van der Waals surface area contributed by atoms with Gasteiger partial charge < -0.3 is 15.0 Å². The standard InChI is InChI=1S/C27H28ClN5O/c1-31-13-2-14-32(16-15-31)18-24-26(20-7-10-23(28)11-8-20)30-25-12-9-22(17-33(24)25)19-3-5-21(6-4-19)27(29)34/h3-12,17H,2,13-16,18H2,1H3,(H2,29,34). The summed E-state index contributed by atoms with van der Waals surface area (Å²) >= 11 is 6.16. The first kappa shape index (κ1) is 22.6. The van der Waals surface area contributed by atoms with Gasteiger partial charge in [0.1, 0.15) is 5.65 Å². The second kappa shape index (κ2) is 9.58. The van der Waals surface area contributed by atoms with Crippen LogP contribution in [0.4, 0.5) is 0 Å². The Morgan fingerprint density at radius 3 is 2.35 bits per heavy atom. The van der Waals surface area contributed by atoms with Gasteiger partial charge in [-0.25, -0.2) is 4.98 Å². The summed E-state index contributed by atoms with van der Waals surface area (Å²) in [5.74, 6) is -0.422. The zero-order valence-corrected chi connectivity index (χ0v) is 20.0. The van der Waals surface area contributed by atoms with Crippen molar-refractivity contribution >= 4 is 23.2 Å². The Hall–Kier alpha value is -3.19. The van der Waals surface area contributed by atoms with Crippen LogP contribution in [0.1, 0.15) is 22.5 Å². The smallest absolute Gasteiger partial charge is 0.248 e. The zero-order valence-electron chi connectivity index (χ0n) is 19.2. The Balaban J connectivity index is 1.58. The molecule has 1 amide bonds. The van der Waals surface area contributed by atoms with Crippen molar-refractivity contribution in [1.29, 1.82) is 0 Å². The van der Waals surface area contributed by atoms with Gasteiger partial charge in [-0.15, -0.1) is 0 Å². The zero-order chi connectivity index (χ0) is 23.7. The molecule has 0 atom stereocenters. The molecule has 7 heteroatoms. The van der Waals surface area contributed by atoms with E-state index in [0.29, 0.717) is 10.6 Å². The van der Waals surface area contributed by atoms with E-state index in [2.05, 4.69) is 39.6 Å². The van der Waals surface area contributed by atoms with Crippen LogP contribution in [0.25, 0.3) is 28.0 Å². The highest BCUT2D eigenvalue weighted by molar-refractivity contribution is 6.30. The van der Waals surface area contributed by atoms with Crippen LogP contribution in [0.2, 0.25) is 5.02 Å². The Bertz CT molecular complexity index is 1310. The number of rotatable bonds is 5. The second-order valence-corrected chi connectivity index (χ2v) is 9.37. The summed E-state index contributed by atoms with van der Waals surface area (Å²) in [6.45, 7) is 5.09. The number of hydrogen-bond donors (Lipinski definition) is 1. The number of pyridine rings is 1. The number of carbonyl (C=O) groups is 1. The number of nitrogens with two attached hydrogens (primary N) is 1. The second-order valence-electron chi connectivity index (χ2n) is 8.93. The van der Waals surface area contributed by atoms with Crippen LogP contribution in [0, 0.1) is 0 Å². The van der Waals surface area contributed by atoms with Gasteiger partial charge in [-0.05, 0) is 74.1 Å². The molecule has 1 fully saturated rings. The van der Waals surface area contributed by atoms with E-state index < -0.39 is 5.91 Å². The van der Waals surface area contributed by atoms with Gasteiger partial charge in [-0.2, -0.15) is 0 Å². The fourth-order valence-electron chi connectivity index (χ4n) is 4.55. The Morgan fingerprint density at radius 1 is 0.912 bits per heavy atom. The normalized spacial score (nSPS) is 15.5. The molecule has 1 aliphatic heterocycles. The molecular formula is C27H28ClN5O. The van der Waals surface area contributed by atoms with E-state index in [1.54, 1.807) is 12.1 Å². The van der Waals surface area contributed by atoms with Crippen molar-refractivity contribution in [3.63, 3.8) is 0 Å². The topological polar surface area (TPSA) is 66.9 Å². The average Bonchev–Trinajstić information content (AvgIpc) is 3.06. The van der Waals surface area contributed by atoms with Crippen molar-refractivity contribution in [3.05, 3.63) is 83.1 Å². The van der Waals surface area contributed by atoms with Gasteiger partial charge >= 0.3 is 0 Å². The fraction of sp³-hybridized carbons (Fsp3) is 0.259. The quantitative estimate of drug-likeness (QED) is 0.461. The number of carbonyl (C=O) groups excluding carboxylic acids is 1. The van der Waals surface area contributed by atoms with Crippen molar-refractivity contribution < 1.29 is 4.79 Å². The monoisotopic (exact) mass is 473 g/mol. The summed E-state index contributed by atoms with van der Waals surface area (Å²) < 4.78 is 2.20. The van der Waals surface area contributed by atoms with Crippen LogP contribution < -0.4 is 5.73 Å². The van der Waals surface area contributed by atoms with E-state index in [-0.39, 0.29) is 0 Å². The maximum absolute atomic E-state index is 11.5. The van der Waals surface area contributed by atoms with Crippen LogP contribution in [-0.4, -0.2) is 58.3 Å². The van der Waals surface area contributed by atoms with Gasteiger partial charge in [-0.3, -0.25) is 9.69 Å². The predicted molar refractivity (Wildman–Crippen MR) is 137 cm³/mol. The molecule has 2 aromatic carbocycles. The summed E-state index contributed by atoms with van der Waals surface area (Å²) in [4.78, 5) is 21.4. The summed E-state index contributed by atoms with van der Waals surface area (Å²) in [5.41, 5.74) is 12.1. The highest BCUT2D eigenvalue weighted by Gasteiger charge is 2.20. The molecule has 1 saturated heterocycles. The van der Waals surface area contributed by atoms with Gasteiger partial charge in [0.25, 0.3) is 0 Å². The van der Waals surface area contributed by atoms with E-state index in [4.69, 9.17) is 22.3 Å². The largest absolute Gasteiger partial charge is 0.366 e. The molecule has 0 bridgehead atoms. The molecule has 2 aromatic heterocycles. The molecule has 0 unspecified atom stereocenters. The Labute approximate surface area is 204 Å². The number of benzene rings is 2. The number of hydrogen-bond acceptors (Lipinski definition) is 4. The fourth-order valence-corrected chi connectivity index (χ4v) is 4.68. The molecule has 1 aliphatic rings. The van der Waals surface area contributed by atoms with Crippen molar-refractivity contribution in [3.8, 4) is 22.4 Å². The molecule has 6 nitrogen and oxygen atoms in total. The minimum Gasteiger partial charge on any atom is -0.366 e. The first-order valence-corrected chi connectivity index (χ1v) is 11.9. The van der Waals surface area contributed by atoms with E-state index in [0.717, 1.165) is 72.9 Å². The summed E-state index contributed by atoms with van der Waals surface area (Å²) in [6.07, 6.45) is 3.29. The molecule has 4 aromatic rings. The lowest BCUT2D eigenvalue weighted by atomic mass is 10.1. The van der Waals surface area contributed by atoms with Crippen molar-refractivity contribution in [2.75, 3.05) is 33.2 Å². The molecule has 2 N–H and O–H groups in total. The number of fused-ring (bicyclic) bond motifs is 1. The summed E-state index contributed by atoms with van der Waals surface area (Å²) in [6, 6.07) is 19.4. The lowest BCUT2D eigenvalue weighted by Gasteiger charge is -2.21. The first-order chi connectivity index (χ1) is 16.5. The number of primary amides is 1. The molecule has 0 saturated carbocycles. The summed E-state index contributed by atoms with van der Waals surface area (Å²) in [7, 11) is 2.19. The molecular weight excluding hydrogens is 446 g/mol. The molecule has 174 valence electrons. The third-order valence-corrected chi connectivity index (χ3v) is 6.78.